The number of nitrogens with zero attached hydrogens (tertiary/aromatic N) is 1. The number of nitrogens with one attached hydrogen (secondary N) is 2. The number of rotatable bonds is 1. The number of carbonyl (C=O) groups excluding carboxylic acids is 3. The van der Waals surface area contributed by atoms with E-state index >= 15 is 0 Å². The summed E-state index contributed by atoms with van der Waals surface area (Å²) < 4.78 is 0. The van der Waals surface area contributed by atoms with Gasteiger partial charge in [0.2, 0.25) is 0 Å². The van der Waals surface area contributed by atoms with E-state index < -0.39 is 11.6 Å². The molecule has 2 aliphatic heterocycles. The molecule has 106 valence electrons. The molecule has 0 aromatic carbocycles. The molecule has 3 rings (SSSR count). The predicted molar refractivity (Wildman–Crippen MR) is 73.4 cm³/mol. The number of likely N-dealkylation sites (tertiary alicyclic amines) is 1. The van der Waals surface area contributed by atoms with Crippen LogP contribution in [0.1, 0.15) is 21.0 Å². The largest absolute Gasteiger partial charge is 0.398 e. The van der Waals surface area contributed by atoms with Crippen LogP contribution in [0.5, 0.6) is 0 Å². The Bertz CT molecular complexity index is 607. The molecule has 7 nitrogen and oxygen atoms in total. The topological polar surface area (TPSA) is 105 Å². The zero-order valence-electron chi connectivity index (χ0n) is 10.9. The van der Waals surface area contributed by atoms with E-state index in [1.165, 1.54) is 11.3 Å². The van der Waals surface area contributed by atoms with E-state index in [0.717, 1.165) is 4.88 Å². The second-order valence-corrected chi connectivity index (χ2v) is 6.35. The highest BCUT2D eigenvalue weighted by Crippen LogP contribution is 2.29. The van der Waals surface area contributed by atoms with Crippen molar-refractivity contribution in [3.63, 3.8) is 0 Å². The van der Waals surface area contributed by atoms with Gasteiger partial charge in [0, 0.05) is 17.1 Å². The first-order chi connectivity index (χ1) is 9.41. The zero-order chi connectivity index (χ0) is 14.5. The van der Waals surface area contributed by atoms with E-state index in [9.17, 15) is 14.4 Å². The first-order valence-corrected chi connectivity index (χ1v) is 7.02. The summed E-state index contributed by atoms with van der Waals surface area (Å²) in [5.74, 6) is -0.514. The molecular weight excluding hydrogens is 280 g/mol. The van der Waals surface area contributed by atoms with E-state index in [1.807, 2.05) is 6.92 Å². The summed E-state index contributed by atoms with van der Waals surface area (Å²) in [7, 11) is 0. The van der Waals surface area contributed by atoms with Crippen molar-refractivity contribution in [1.82, 2.24) is 15.5 Å². The van der Waals surface area contributed by atoms with Crippen molar-refractivity contribution in [2.75, 3.05) is 18.8 Å². The maximum Gasteiger partial charge on any atom is 0.322 e. The molecule has 2 fully saturated rings. The molecule has 0 bridgehead atoms. The van der Waals surface area contributed by atoms with Crippen LogP contribution in [0.4, 0.5) is 10.5 Å². The van der Waals surface area contributed by atoms with E-state index in [1.54, 1.807) is 11.0 Å². The Morgan fingerprint density at radius 3 is 2.80 bits per heavy atom. The lowest BCUT2D eigenvalue weighted by atomic mass is 10.00. The highest BCUT2D eigenvalue weighted by atomic mass is 32.1. The Kier molecular flexibility index (Phi) is 2.72. The molecule has 4 N–H and O–H groups in total. The van der Waals surface area contributed by atoms with Gasteiger partial charge in [-0.2, -0.15) is 0 Å². The number of nitrogen functional groups attached to an aromatic ring is 1. The van der Waals surface area contributed by atoms with Gasteiger partial charge < -0.3 is 16.0 Å². The molecule has 0 saturated carbocycles. The molecule has 1 aromatic rings. The van der Waals surface area contributed by atoms with E-state index in [-0.39, 0.29) is 18.4 Å². The van der Waals surface area contributed by atoms with Gasteiger partial charge in [0.1, 0.15) is 5.54 Å². The highest BCUT2D eigenvalue weighted by Gasteiger charge is 2.51. The number of hydrogen-bond acceptors (Lipinski definition) is 5. The first-order valence-electron chi connectivity index (χ1n) is 6.20. The number of hydrogen-bond donors (Lipinski definition) is 3. The second kappa shape index (κ2) is 4.20. The lowest BCUT2D eigenvalue weighted by Gasteiger charge is -2.20. The summed E-state index contributed by atoms with van der Waals surface area (Å²) in [5, 5.41) is 4.83. The van der Waals surface area contributed by atoms with Crippen LogP contribution in [0, 0.1) is 6.92 Å². The number of anilines is 1. The molecule has 2 aliphatic rings. The Morgan fingerprint density at radius 2 is 2.25 bits per heavy atom. The molecule has 0 radical (unpaired) electrons. The lowest BCUT2D eigenvalue weighted by molar-refractivity contribution is -0.123. The number of nitrogens with two attached hydrogens (primary N) is 1. The van der Waals surface area contributed by atoms with Gasteiger partial charge in [0.25, 0.3) is 11.8 Å². The second-order valence-electron chi connectivity index (χ2n) is 5.09. The van der Waals surface area contributed by atoms with Crippen LogP contribution in [-0.4, -0.2) is 41.4 Å². The van der Waals surface area contributed by atoms with Crippen molar-refractivity contribution >= 4 is 34.9 Å². The summed E-state index contributed by atoms with van der Waals surface area (Å²) in [4.78, 5) is 38.5. The fourth-order valence-corrected chi connectivity index (χ4v) is 3.46. The molecule has 1 aromatic heterocycles. The van der Waals surface area contributed by atoms with Gasteiger partial charge in [0.15, 0.2) is 0 Å². The monoisotopic (exact) mass is 294 g/mol. The molecule has 20 heavy (non-hydrogen) atoms. The Labute approximate surface area is 119 Å². The molecule has 8 heteroatoms. The maximum absolute atomic E-state index is 12.4. The predicted octanol–water partition coefficient (Wildman–Crippen LogP) is 0.0628. The lowest BCUT2D eigenvalue weighted by Crippen LogP contribution is -2.49. The fraction of sp³-hybridized carbons (Fsp3) is 0.417. The van der Waals surface area contributed by atoms with Gasteiger partial charge in [0.05, 0.1) is 11.4 Å². The van der Waals surface area contributed by atoms with E-state index in [2.05, 4.69) is 10.6 Å². The summed E-state index contributed by atoms with van der Waals surface area (Å²) >= 11 is 1.34. The van der Waals surface area contributed by atoms with Crippen molar-refractivity contribution in [1.29, 1.82) is 0 Å². The third-order valence-electron chi connectivity index (χ3n) is 3.74. The van der Waals surface area contributed by atoms with Gasteiger partial charge in [-0.25, -0.2) is 4.79 Å². The Morgan fingerprint density at radius 1 is 1.50 bits per heavy atom. The van der Waals surface area contributed by atoms with Gasteiger partial charge in [-0.05, 0) is 19.4 Å². The van der Waals surface area contributed by atoms with Crippen LogP contribution in [0.2, 0.25) is 0 Å². The smallest absolute Gasteiger partial charge is 0.322 e. The number of aryl methyl sites for hydroxylation is 1. The average Bonchev–Trinajstić information content (AvgIpc) is 3.02. The zero-order valence-corrected chi connectivity index (χ0v) is 11.7. The number of urea groups is 1. The van der Waals surface area contributed by atoms with Gasteiger partial charge in [-0.15, -0.1) is 11.3 Å². The number of thiophene rings is 1. The van der Waals surface area contributed by atoms with Crippen LogP contribution >= 0.6 is 11.3 Å². The third-order valence-corrected chi connectivity index (χ3v) is 4.79. The van der Waals surface area contributed by atoms with Gasteiger partial charge in [-0.3, -0.25) is 14.9 Å². The molecule has 1 atom stereocenters. The Hall–Kier alpha value is -2.09. The van der Waals surface area contributed by atoms with Crippen molar-refractivity contribution in [3.8, 4) is 0 Å². The molecule has 0 aliphatic carbocycles. The van der Waals surface area contributed by atoms with Gasteiger partial charge >= 0.3 is 6.03 Å². The summed E-state index contributed by atoms with van der Waals surface area (Å²) in [6.45, 7) is 2.48. The molecule has 4 amide bonds. The first kappa shape index (κ1) is 12.9. The Balaban J connectivity index is 1.79. The SMILES string of the molecule is Cc1sc(C(=O)N2CCC3(C2)NC(=O)NC3=O)cc1N. The fourth-order valence-electron chi connectivity index (χ4n) is 2.56. The van der Waals surface area contributed by atoms with Crippen LogP contribution in [0.15, 0.2) is 6.07 Å². The quantitative estimate of drug-likeness (QED) is 0.637. The third kappa shape index (κ3) is 1.83. The minimum Gasteiger partial charge on any atom is -0.398 e. The van der Waals surface area contributed by atoms with Crippen LogP contribution < -0.4 is 16.4 Å². The molecular formula is C12H14N4O3S. The maximum atomic E-state index is 12.4. The van der Waals surface area contributed by atoms with Crippen molar-refractivity contribution in [2.24, 2.45) is 0 Å². The van der Waals surface area contributed by atoms with Crippen LogP contribution in [0.3, 0.4) is 0 Å². The molecule has 3 heterocycles. The summed E-state index contributed by atoms with van der Waals surface area (Å²) in [6, 6.07) is 1.15. The number of amides is 4. The molecule has 1 unspecified atom stereocenters. The van der Waals surface area contributed by atoms with Crippen LogP contribution in [-0.2, 0) is 4.79 Å². The molecule has 2 saturated heterocycles. The average molecular weight is 294 g/mol. The summed E-state index contributed by atoms with van der Waals surface area (Å²) in [6.07, 6.45) is 0.427. The van der Waals surface area contributed by atoms with E-state index in [4.69, 9.17) is 5.73 Å². The number of carbonyl (C=O) groups is 3. The standard InChI is InChI=1S/C12H14N4O3S/c1-6-7(13)4-8(20-6)9(17)16-3-2-12(5-16)10(18)14-11(19)15-12/h4H,2-3,5,13H2,1H3,(H2,14,15,18,19). The number of imide groups is 1. The van der Waals surface area contributed by atoms with Crippen molar-refractivity contribution in [3.05, 3.63) is 15.8 Å². The summed E-state index contributed by atoms with van der Waals surface area (Å²) in [5.41, 5.74) is 5.38. The van der Waals surface area contributed by atoms with Crippen molar-refractivity contribution in [2.45, 2.75) is 18.9 Å². The van der Waals surface area contributed by atoms with Crippen molar-refractivity contribution < 1.29 is 14.4 Å². The van der Waals surface area contributed by atoms with Gasteiger partial charge in [-0.1, -0.05) is 0 Å². The van der Waals surface area contributed by atoms with Crippen LogP contribution in [0.25, 0.3) is 0 Å². The minimum absolute atomic E-state index is 0.152. The normalized spacial score (nSPS) is 25.1. The minimum atomic E-state index is -0.968. The van der Waals surface area contributed by atoms with E-state index in [0.29, 0.717) is 23.5 Å². The molecule has 1 spiro atoms. The highest BCUT2D eigenvalue weighted by molar-refractivity contribution is 7.14.